The molecular weight excluding hydrogens is 378 g/mol. The monoisotopic (exact) mass is 395 g/mol. The smallest absolute Gasteiger partial charge is 0.258 e. The average Bonchev–Trinajstić information content (AvgIpc) is 3.10. The fourth-order valence-electron chi connectivity index (χ4n) is 2.57. The minimum Gasteiger partial charge on any atom is -0.330 e. The van der Waals surface area contributed by atoms with Gasteiger partial charge in [-0.2, -0.15) is 0 Å². The number of aromatic nitrogens is 4. The lowest BCUT2D eigenvalue weighted by atomic mass is 10.1. The summed E-state index contributed by atoms with van der Waals surface area (Å²) in [4.78, 5) is 16.7. The highest BCUT2D eigenvalue weighted by Gasteiger charge is 2.08. The first-order valence-electron chi connectivity index (χ1n) is 8.36. The molecule has 1 N–H and O–H groups in total. The maximum absolute atomic E-state index is 12.1. The van der Waals surface area contributed by atoms with Crippen LogP contribution < -0.4 is 10.9 Å². The van der Waals surface area contributed by atoms with Gasteiger partial charge in [-0.15, -0.1) is 10.2 Å². The summed E-state index contributed by atoms with van der Waals surface area (Å²) in [6.07, 6.45) is 1.72. The molecule has 3 aromatic heterocycles. The van der Waals surface area contributed by atoms with Gasteiger partial charge in [0, 0.05) is 23.7 Å². The normalized spacial score (nSPS) is 11.0. The Bertz CT molecular complexity index is 1170. The zero-order chi connectivity index (χ0) is 18.8. The molecule has 1 aromatic carbocycles. The van der Waals surface area contributed by atoms with Gasteiger partial charge in [0.2, 0.25) is 5.13 Å². The van der Waals surface area contributed by atoms with Crippen molar-refractivity contribution in [1.29, 1.82) is 0 Å². The quantitative estimate of drug-likeness (QED) is 0.511. The van der Waals surface area contributed by atoms with Crippen molar-refractivity contribution in [3.05, 3.63) is 75.8 Å². The number of nitrogens with zero attached hydrogens (tertiary/aromatic N) is 4. The Hall–Kier alpha value is -2.71. The maximum atomic E-state index is 12.1. The van der Waals surface area contributed by atoms with Gasteiger partial charge in [0.05, 0.1) is 5.69 Å². The summed E-state index contributed by atoms with van der Waals surface area (Å²) < 4.78 is 2.36. The molecule has 0 spiro atoms. The van der Waals surface area contributed by atoms with Crippen molar-refractivity contribution in [2.24, 2.45) is 0 Å². The topological polar surface area (TPSA) is 72.2 Å². The minimum absolute atomic E-state index is 0.0782. The summed E-state index contributed by atoms with van der Waals surface area (Å²) in [5.74, 6) is 0.568. The van der Waals surface area contributed by atoms with Crippen molar-refractivity contribution in [3.8, 4) is 0 Å². The summed E-state index contributed by atoms with van der Waals surface area (Å²) in [7, 11) is 0. The molecule has 0 unspecified atom stereocenters. The van der Waals surface area contributed by atoms with Gasteiger partial charge in [-0.05, 0) is 49.2 Å². The zero-order valence-electron chi connectivity index (χ0n) is 14.8. The standard InChI is InChI=1S/C19H17N5OS2/c1-12-6-7-14(9-13(12)2)21-18-22-23-19(27-18)26-11-15-10-17(25)24-8-4-3-5-16(24)20-15/h3-10H,11H2,1-2H3,(H,21,22). The van der Waals surface area contributed by atoms with Crippen molar-refractivity contribution in [2.75, 3.05) is 5.32 Å². The van der Waals surface area contributed by atoms with E-state index in [2.05, 4.69) is 46.5 Å². The second-order valence-electron chi connectivity index (χ2n) is 6.10. The number of nitrogens with one attached hydrogen (secondary N) is 1. The van der Waals surface area contributed by atoms with Gasteiger partial charge < -0.3 is 5.32 Å². The number of rotatable bonds is 5. The van der Waals surface area contributed by atoms with Gasteiger partial charge in [-0.3, -0.25) is 9.20 Å². The first-order chi connectivity index (χ1) is 13.1. The number of thioether (sulfide) groups is 1. The molecule has 0 aliphatic heterocycles. The van der Waals surface area contributed by atoms with Crippen LogP contribution in [0.15, 0.2) is 57.8 Å². The van der Waals surface area contributed by atoms with Crippen LogP contribution in [0.4, 0.5) is 10.8 Å². The first kappa shape index (κ1) is 17.7. The van der Waals surface area contributed by atoms with E-state index in [4.69, 9.17) is 0 Å². The van der Waals surface area contributed by atoms with Crippen LogP contribution in [0.2, 0.25) is 0 Å². The van der Waals surface area contributed by atoms with Gasteiger partial charge in [-0.1, -0.05) is 35.2 Å². The number of fused-ring (bicyclic) bond motifs is 1. The number of hydrogen-bond acceptors (Lipinski definition) is 7. The van der Waals surface area contributed by atoms with Crippen molar-refractivity contribution >= 4 is 39.6 Å². The van der Waals surface area contributed by atoms with Crippen LogP contribution in [0.5, 0.6) is 0 Å². The molecule has 0 saturated heterocycles. The van der Waals surface area contributed by atoms with Gasteiger partial charge in [0.25, 0.3) is 5.56 Å². The van der Waals surface area contributed by atoms with E-state index < -0.39 is 0 Å². The lowest BCUT2D eigenvalue weighted by Gasteiger charge is -2.05. The molecule has 27 heavy (non-hydrogen) atoms. The molecule has 0 bridgehead atoms. The second kappa shape index (κ2) is 7.50. The molecule has 6 nitrogen and oxygen atoms in total. The Morgan fingerprint density at radius 3 is 2.85 bits per heavy atom. The highest BCUT2D eigenvalue weighted by Crippen LogP contribution is 2.29. The molecule has 0 amide bonds. The van der Waals surface area contributed by atoms with E-state index in [-0.39, 0.29) is 5.56 Å². The Labute approximate surface area is 164 Å². The van der Waals surface area contributed by atoms with Crippen LogP contribution in [0.1, 0.15) is 16.8 Å². The van der Waals surface area contributed by atoms with Crippen molar-refractivity contribution in [3.63, 3.8) is 0 Å². The van der Waals surface area contributed by atoms with Gasteiger partial charge in [-0.25, -0.2) is 4.98 Å². The fourth-order valence-corrected chi connectivity index (χ4v) is 4.24. The lowest BCUT2D eigenvalue weighted by molar-refractivity contribution is 1.00. The second-order valence-corrected chi connectivity index (χ2v) is 8.30. The predicted octanol–water partition coefficient (Wildman–Crippen LogP) is 4.20. The molecule has 8 heteroatoms. The first-order valence-corrected chi connectivity index (χ1v) is 10.2. The van der Waals surface area contributed by atoms with E-state index in [1.54, 1.807) is 12.3 Å². The number of hydrogen-bond donors (Lipinski definition) is 1. The van der Waals surface area contributed by atoms with Crippen LogP contribution in [0.25, 0.3) is 5.65 Å². The molecule has 0 fully saturated rings. The molecule has 0 saturated carbocycles. The summed E-state index contributed by atoms with van der Waals surface area (Å²) >= 11 is 3.01. The third-order valence-electron chi connectivity index (χ3n) is 4.13. The molecule has 0 aliphatic rings. The van der Waals surface area contributed by atoms with Gasteiger partial charge >= 0.3 is 0 Å². The van der Waals surface area contributed by atoms with Crippen LogP contribution in [-0.2, 0) is 5.75 Å². The van der Waals surface area contributed by atoms with E-state index in [9.17, 15) is 4.79 Å². The van der Waals surface area contributed by atoms with Crippen molar-refractivity contribution in [2.45, 2.75) is 23.9 Å². The molecule has 4 rings (SSSR count). The van der Waals surface area contributed by atoms with E-state index in [0.29, 0.717) is 11.4 Å². The molecule has 0 radical (unpaired) electrons. The Morgan fingerprint density at radius 2 is 2.00 bits per heavy atom. The minimum atomic E-state index is -0.0782. The zero-order valence-corrected chi connectivity index (χ0v) is 16.5. The van der Waals surface area contributed by atoms with E-state index >= 15 is 0 Å². The Morgan fingerprint density at radius 1 is 1.11 bits per heavy atom. The van der Waals surface area contributed by atoms with Crippen molar-refractivity contribution < 1.29 is 0 Å². The number of pyridine rings is 1. The van der Waals surface area contributed by atoms with Gasteiger partial charge in [0.1, 0.15) is 5.65 Å². The van der Waals surface area contributed by atoms with Gasteiger partial charge in [0.15, 0.2) is 4.34 Å². The van der Waals surface area contributed by atoms with Crippen LogP contribution in [0.3, 0.4) is 0 Å². The van der Waals surface area contributed by atoms with Crippen LogP contribution in [0, 0.1) is 13.8 Å². The third kappa shape index (κ3) is 4.01. The fraction of sp³-hybridized carbons (Fsp3) is 0.158. The summed E-state index contributed by atoms with van der Waals surface area (Å²) in [5, 5.41) is 12.4. The lowest BCUT2D eigenvalue weighted by Crippen LogP contribution is -2.14. The molecule has 136 valence electrons. The van der Waals surface area contributed by atoms with E-state index in [0.717, 1.165) is 20.9 Å². The molecule has 4 aromatic rings. The third-order valence-corrected chi connectivity index (χ3v) is 6.14. The van der Waals surface area contributed by atoms with Crippen LogP contribution >= 0.6 is 23.1 Å². The highest BCUT2D eigenvalue weighted by molar-refractivity contribution is 8.00. The predicted molar refractivity (Wildman–Crippen MR) is 110 cm³/mol. The number of anilines is 2. The van der Waals surface area contributed by atoms with E-state index in [1.807, 2.05) is 24.3 Å². The largest absolute Gasteiger partial charge is 0.330 e. The summed E-state index contributed by atoms with van der Waals surface area (Å²) in [6, 6.07) is 13.3. The Balaban J connectivity index is 1.45. The molecule has 0 aliphatic carbocycles. The Kier molecular flexibility index (Phi) is 4.91. The maximum Gasteiger partial charge on any atom is 0.258 e. The molecule has 3 heterocycles. The number of benzene rings is 1. The van der Waals surface area contributed by atoms with E-state index in [1.165, 1.54) is 38.6 Å². The van der Waals surface area contributed by atoms with Crippen molar-refractivity contribution in [1.82, 2.24) is 19.6 Å². The molecular formula is C19H17N5OS2. The highest BCUT2D eigenvalue weighted by atomic mass is 32.2. The van der Waals surface area contributed by atoms with Crippen LogP contribution in [-0.4, -0.2) is 19.6 Å². The molecule has 0 atom stereocenters. The number of aryl methyl sites for hydroxylation is 2. The summed E-state index contributed by atoms with van der Waals surface area (Å²) in [6.45, 7) is 4.17. The average molecular weight is 396 g/mol. The SMILES string of the molecule is Cc1ccc(Nc2nnc(SCc3cc(=O)n4ccccc4n3)s2)cc1C. The summed E-state index contributed by atoms with van der Waals surface area (Å²) in [5.41, 5.74) is 4.78.